The monoisotopic (exact) mass is 255 g/mol. The number of carbonyl (C=O) groups is 1. The van der Waals surface area contributed by atoms with Crippen molar-refractivity contribution in [1.29, 1.82) is 0 Å². The molecule has 1 rings (SSSR count). The summed E-state index contributed by atoms with van der Waals surface area (Å²) in [5, 5.41) is 3.20. The van der Waals surface area contributed by atoms with Crippen molar-refractivity contribution in [1.82, 2.24) is 0 Å². The molecule has 7 heteroatoms. The second-order valence-corrected chi connectivity index (χ2v) is 3.32. The van der Waals surface area contributed by atoms with Crippen molar-refractivity contribution in [2.45, 2.75) is 6.18 Å². The minimum atomic E-state index is -4.51. The fourth-order valence-electron chi connectivity index (χ4n) is 1.28. The predicted octanol–water partition coefficient (Wildman–Crippen LogP) is 3.84. The van der Waals surface area contributed by atoms with Crippen LogP contribution in [0.4, 0.5) is 13.2 Å². The van der Waals surface area contributed by atoms with Gasteiger partial charge in [0.1, 0.15) is 6.29 Å². The zero-order valence-corrected chi connectivity index (χ0v) is 9.05. The van der Waals surface area contributed by atoms with Crippen LogP contribution in [0.5, 0.6) is 0 Å². The Kier molecular flexibility index (Phi) is 4.51. The van der Waals surface area contributed by atoms with E-state index in [9.17, 15) is 18.0 Å². The summed E-state index contributed by atoms with van der Waals surface area (Å²) in [6, 6.07) is 3.01. The van der Waals surface area contributed by atoms with E-state index in [2.05, 4.69) is 10.0 Å². The largest absolute Gasteiger partial charge is 0.416 e. The first-order chi connectivity index (χ1) is 8.47. The highest BCUT2D eigenvalue weighted by molar-refractivity contribution is 5.77. The van der Waals surface area contributed by atoms with Gasteiger partial charge in [-0.05, 0) is 29.3 Å². The van der Waals surface area contributed by atoms with Crippen molar-refractivity contribution in [3.8, 4) is 0 Å². The average molecular weight is 255 g/mol. The molecule has 0 spiro atoms. The number of carbonyl (C=O) groups excluding carboxylic acids is 1. The van der Waals surface area contributed by atoms with Gasteiger partial charge in [0.05, 0.1) is 5.56 Å². The van der Waals surface area contributed by atoms with E-state index in [0.717, 1.165) is 12.1 Å². The zero-order chi connectivity index (χ0) is 13.6. The van der Waals surface area contributed by atoms with Crippen LogP contribution in [0.3, 0.4) is 0 Å². The minimum absolute atomic E-state index is 0.0309. The van der Waals surface area contributed by atoms with Crippen LogP contribution in [0.25, 0.3) is 16.5 Å². The van der Waals surface area contributed by atoms with Crippen LogP contribution < -0.4 is 0 Å². The van der Waals surface area contributed by atoms with E-state index in [4.69, 9.17) is 5.53 Å². The van der Waals surface area contributed by atoms with Crippen molar-refractivity contribution < 1.29 is 18.0 Å². The molecule has 0 radical (unpaired) electrons. The summed E-state index contributed by atoms with van der Waals surface area (Å²) in [5.41, 5.74) is 7.29. The van der Waals surface area contributed by atoms with E-state index in [1.807, 2.05) is 0 Å². The van der Waals surface area contributed by atoms with E-state index >= 15 is 0 Å². The van der Waals surface area contributed by atoms with Crippen molar-refractivity contribution in [3.05, 3.63) is 51.4 Å². The summed E-state index contributed by atoms with van der Waals surface area (Å²) < 4.78 is 37.6. The number of rotatable bonds is 4. The predicted molar refractivity (Wildman–Crippen MR) is 59.9 cm³/mol. The number of hydrogen-bond acceptors (Lipinski definition) is 2. The summed E-state index contributed by atoms with van der Waals surface area (Å²) in [6.45, 7) is 0.0309. The quantitative estimate of drug-likeness (QED) is 0.349. The molecule has 1 aromatic rings. The molecule has 94 valence electrons. The fourth-order valence-corrected chi connectivity index (χ4v) is 1.28. The molecule has 0 aliphatic carbocycles. The van der Waals surface area contributed by atoms with Crippen LogP contribution in [0.2, 0.25) is 0 Å². The zero-order valence-electron chi connectivity index (χ0n) is 9.05. The average Bonchev–Trinajstić information content (AvgIpc) is 2.33. The Bertz CT molecular complexity index is 517. The Morgan fingerprint density at radius 2 is 1.94 bits per heavy atom. The molecule has 0 atom stereocenters. The van der Waals surface area contributed by atoms with Gasteiger partial charge in [-0.15, -0.1) is 0 Å². The van der Waals surface area contributed by atoms with E-state index in [1.165, 1.54) is 18.2 Å². The van der Waals surface area contributed by atoms with Crippen molar-refractivity contribution in [2.75, 3.05) is 6.54 Å². The summed E-state index contributed by atoms with van der Waals surface area (Å²) in [7, 11) is 0. The molecule has 0 aliphatic heterocycles. The SMILES string of the molecule is [N-]=[N+]=NCC=Cc1cc(C=O)cc(C(F)(F)F)c1. The van der Waals surface area contributed by atoms with Crippen molar-refractivity contribution in [3.63, 3.8) is 0 Å². The molecule has 4 nitrogen and oxygen atoms in total. The third-order valence-electron chi connectivity index (χ3n) is 2.00. The first kappa shape index (κ1) is 13.8. The molecule has 1 aromatic carbocycles. The molecule has 0 aliphatic rings. The summed E-state index contributed by atoms with van der Waals surface area (Å²) in [5.74, 6) is 0. The van der Waals surface area contributed by atoms with Crippen LogP contribution in [0.15, 0.2) is 29.4 Å². The molecule has 0 heterocycles. The number of azide groups is 1. The Balaban J connectivity index is 3.08. The maximum absolute atomic E-state index is 12.5. The number of alkyl halides is 3. The third kappa shape index (κ3) is 3.95. The first-order valence-corrected chi connectivity index (χ1v) is 4.82. The molecule has 18 heavy (non-hydrogen) atoms. The lowest BCUT2D eigenvalue weighted by Gasteiger charge is -2.08. The fraction of sp³-hybridized carbons (Fsp3) is 0.182. The number of aldehydes is 1. The second-order valence-electron chi connectivity index (χ2n) is 3.32. The van der Waals surface area contributed by atoms with Crippen LogP contribution >= 0.6 is 0 Å². The maximum Gasteiger partial charge on any atom is 0.416 e. The smallest absolute Gasteiger partial charge is 0.298 e. The van der Waals surface area contributed by atoms with Crippen molar-refractivity contribution in [2.24, 2.45) is 5.11 Å². The van der Waals surface area contributed by atoms with Gasteiger partial charge in [0.25, 0.3) is 0 Å². The highest BCUT2D eigenvalue weighted by Crippen LogP contribution is 2.30. The highest BCUT2D eigenvalue weighted by atomic mass is 19.4. The molecule has 0 unspecified atom stereocenters. The van der Waals surface area contributed by atoms with E-state index in [1.54, 1.807) is 0 Å². The maximum atomic E-state index is 12.5. The molecule has 0 saturated carbocycles. The summed E-state index contributed by atoms with van der Waals surface area (Å²) in [6.07, 6.45) is -1.40. The van der Waals surface area contributed by atoms with E-state index < -0.39 is 11.7 Å². The summed E-state index contributed by atoms with van der Waals surface area (Å²) >= 11 is 0. The molecule has 0 fully saturated rings. The van der Waals surface area contributed by atoms with Gasteiger partial charge in [0.15, 0.2) is 0 Å². The lowest BCUT2D eigenvalue weighted by Crippen LogP contribution is -2.06. The molecular formula is C11H8F3N3O. The van der Waals surface area contributed by atoms with E-state index in [-0.39, 0.29) is 17.7 Å². The topological polar surface area (TPSA) is 65.8 Å². The van der Waals surface area contributed by atoms with Crippen LogP contribution in [0, 0.1) is 0 Å². The number of halogens is 3. The molecular weight excluding hydrogens is 247 g/mol. The highest BCUT2D eigenvalue weighted by Gasteiger charge is 2.30. The van der Waals surface area contributed by atoms with Gasteiger partial charge in [-0.1, -0.05) is 17.3 Å². The molecule has 0 N–H and O–H groups in total. The Hall–Kier alpha value is -2.27. The number of hydrogen-bond donors (Lipinski definition) is 0. The van der Waals surface area contributed by atoms with Gasteiger partial charge in [0, 0.05) is 17.0 Å². The Morgan fingerprint density at radius 1 is 1.28 bits per heavy atom. The molecule has 0 aromatic heterocycles. The van der Waals surface area contributed by atoms with Gasteiger partial charge in [-0.3, -0.25) is 4.79 Å². The first-order valence-electron chi connectivity index (χ1n) is 4.82. The normalized spacial score (nSPS) is 11.3. The second kappa shape index (κ2) is 5.88. The van der Waals surface area contributed by atoms with Crippen LogP contribution in [0.1, 0.15) is 21.5 Å². The minimum Gasteiger partial charge on any atom is -0.298 e. The number of nitrogens with zero attached hydrogens (tertiary/aromatic N) is 3. The van der Waals surface area contributed by atoms with Crippen molar-refractivity contribution >= 4 is 12.4 Å². The lowest BCUT2D eigenvalue weighted by molar-refractivity contribution is -0.137. The van der Waals surface area contributed by atoms with Gasteiger partial charge in [-0.25, -0.2) is 0 Å². The van der Waals surface area contributed by atoms with Gasteiger partial charge >= 0.3 is 6.18 Å². The molecule has 0 amide bonds. The van der Waals surface area contributed by atoms with E-state index in [0.29, 0.717) is 6.29 Å². The molecule has 0 saturated heterocycles. The lowest BCUT2D eigenvalue weighted by atomic mass is 10.1. The standard InChI is InChI=1S/C11H8F3N3O/c12-11(13,14)10-5-8(2-1-3-16-17-15)4-9(6-10)7-18/h1-2,4-7H,3H2. The van der Waals surface area contributed by atoms with Gasteiger partial charge in [0.2, 0.25) is 0 Å². The Morgan fingerprint density at radius 3 is 2.50 bits per heavy atom. The molecule has 0 bridgehead atoms. The number of benzene rings is 1. The van der Waals surface area contributed by atoms with Gasteiger partial charge < -0.3 is 0 Å². The Labute approximate surface area is 100 Å². The van der Waals surface area contributed by atoms with Gasteiger partial charge in [-0.2, -0.15) is 13.2 Å². The van der Waals surface area contributed by atoms with Crippen LogP contribution in [-0.2, 0) is 6.18 Å². The van der Waals surface area contributed by atoms with Crippen LogP contribution in [-0.4, -0.2) is 12.8 Å². The third-order valence-corrected chi connectivity index (χ3v) is 2.00. The summed E-state index contributed by atoms with van der Waals surface area (Å²) in [4.78, 5) is 13.1.